The molecular formula is C10H10N2O2. The summed E-state index contributed by atoms with van der Waals surface area (Å²) in [7, 11) is 0. The molecule has 0 aromatic carbocycles. The standard InChI is InChI=1S/C10H10N2O2/c11-5-4-8-7-13-10(14-8)9-3-1-2-6-12-9/h1-3,6,8,10H,4,7H2. The molecule has 2 atom stereocenters. The lowest BCUT2D eigenvalue weighted by Gasteiger charge is -2.08. The first-order chi connectivity index (χ1) is 6.90. The van der Waals surface area contributed by atoms with Crippen molar-refractivity contribution in [3.63, 3.8) is 0 Å². The van der Waals surface area contributed by atoms with Crippen LogP contribution in [-0.2, 0) is 9.47 Å². The van der Waals surface area contributed by atoms with Gasteiger partial charge in [0.05, 0.1) is 30.9 Å². The maximum atomic E-state index is 8.48. The quantitative estimate of drug-likeness (QED) is 0.707. The molecule has 2 rings (SSSR count). The minimum absolute atomic E-state index is 0.119. The first-order valence-corrected chi connectivity index (χ1v) is 4.45. The number of ether oxygens (including phenoxy) is 2. The van der Waals surface area contributed by atoms with Gasteiger partial charge in [0.1, 0.15) is 0 Å². The summed E-state index contributed by atoms with van der Waals surface area (Å²) in [4.78, 5) is 4.12. The lowest BCUT2D eigenvalue weighted by molar-refractivity contribution is -0.0622. The molecule has 1 aromatic rings. The van der Waals surface area contributed by atoms with Crippen LogP contribution in [0.15, 0.2) is 24.4 Å². The Hall–Kier alpha value is -1.44. The van der Waals surface area contributed by atoms with Gasteiger partial charge < -0.3 is 9.47 Å². The predicted molar refractivity (Wildman–Crippen MR) is 48.0 cm³/mol. The maximum absolute atomic E-state index is 8.48. The van der Waals surface area contributed by atoms with Crippen molar-refractivity contribution in [2.75, 3.05) is 6.61 Å². The van der Waals surface area contributed by atoms with E-state index in [0.717, 1.165) is 5.69 Å². The Bertz CT molecular complexity index is 334. The van der Waals surface area contributed by atoms with Gasteiger partial charge in [0, 0.05) is 6.20 Å². The van der Waals surface area contributed by atoms with Crippen LogP contribution in [0, 0.1) is 11.3 Å². The molecule has 0 aliphatic carbocycles. The van der Waals surface area contributed by atoms with Gasteiger partial charge in [-0.2, -0.15) is 5.26 Å². The SMILES string of the molecule is N#CCC1COC(c2ccccn2)O1. The number of aromatic nitrogens is 1. The van der Waals surface area contributed by atoms with Gasteiger partial charge >= 0.3 is 0 Å². The highest BCUT2D eigenvalue weighted by Crippen LogP contribution is 2.26. The van der Waals surface area contributed by atoms with E-state index >= 15 is 0 Å². The molecule has 1 aromatic heterocycles. The zero-order valence-electron chi connectivity index (χ0n) is 7.59. The summed E-state index contributed by atoms with van der Waals surface area (Å²) in [6.45, 7) is 0.467. The topological polar surface area (TPSA) is 55.1 Å². The van der Waals surface area contributed by atoms with Crippen molar-refractivity contribution in [3.8, 4) is 6.07 Å². The Kier molecular flexibility index (Phi) is 2.73. The van der Waals surface area contributed by atoms with Crippen molar-refractivity contribution in [3.05, 3.63) is 30.1 Å². The molecule has 0 bridgehead atoms. The molecule has 14 heavy (non-hydrogen) atoms. The monoisotopic (exact) mass is 190 g/mol. The average molecular weight is 190 g/mol. The summed E-state index contributed by atoms with van der Waals surface area (Å²) in [5.41, 5.74) is 0.757. The highest BCUT2D eigenvalue weighted by atomic mass is 16.7. The molecule has 1 aliphatic rings. The number of hydrogen-bond acceptors (Lipinski definition) is 4. The number of nitriles is 1. The summed E-state index contributed by atoms with van der Waals surface area (Å²) in [5, 5.41) is 8.48. The van der Waals surface area contributed by atoms with Crippen molar-refractivity contribution in [1.29, 1.82) is 5.26 Å². The number of nitrogens with zero attached hydrogens (tertiary/aromatic N) is 2. The molecule has 1 fully saturated rings. The van der Waals surface area contributed by atoms with Gasteiger partial charge in [-0.3, -0.25) is 4.98 Å². The van der Waals surface area contributed by atoms with Gasteiger partial charge in [0.15, 0.2) is 0 Å². The Morgan fingerprint density at radius 1 is 1.57 bits per heavy atom. The van der Waals surface area contributed by atoms with Gasteiger partial charge in [-0.1, -0.05) is 6.07 Å². The third-order valence-corrected chi connectivity index (χ3v) is 2.00. The van der Waals surface area contributed by atoms with Crippen LogP contribution in [-0.4, -0.2) is 17.7 Å². The molecule has 4 heteroatoms. The molecule has 0 saturated carbocycles. The van der Waals surface area contributed by atoms with E-state index in [-0.39, 0.29) is 6.10 Å². The summed E-state index contributed by atoms with van der Waals surface area (Å²) in [6.07, 6.45) is 1.53. The van der Waals surface area contributed by atoms with E-state index in [1.807, 2.05) is 18.2 Å². The Morgan fingerprint density at radius 2 is 2.50 bits per heavy atom. The molecule has 2 heterocycles. The largest absolute Gasteiger partial charge is 0.344 e. The van der Waals surface area contributed by atoms with Crippen LogP contribution in [0.5, 0.6) is 0 Å². The second-order valence-electron chi connectivity index (χ2n) is 3.04. The van der Waals surface area contributed by atoms with Crippen molar-refractivity contribution in [2.45, 2.75) is 18.8 Å². The van der Waals surface area contributed by atoms with E-state index < -0.39 is 6.29 Å². The fraction of sp³-hybridized carbons (Fsp3) is 0.400. The molecule has 0 amide bonds. The van der Waals surface area contributed by atoms with Gasteiger partial charge in [0.25, 0.3) is 0 Å². The van der Waals surface area contributed by atoms with Gasteiger partial charge in [0.2, 0.25) is 6.29 Å². The van der Waals surface area contributed by atoms with Crippen molar-refractivity contribution in [1.82, 2.24) is 4.98 Å². The molecule has 4 nitrogen and oxygen atoms in total. The van der Waals surface area contributed by atoms with Crippen LogP contribution in [0.2, 0.25) is 0 Å². The van der Waals surface area contributed by atoms with Crippen LogP contribution >= 0.6 is 0 Å². The summed E-state index contributed by atoms with van der Waals surface area (Å²) < 4.78 is 10.8. The van der Waals surface area contributed by atoms with E-state index in [1.165, 1.54) is 0 Å². The molecule has 72 valence electrons. The highest BCUT2D eigenvalue weighted by Gasteiger charge is 2.27. The molecule has 1 aliphatic heterocycles. The van der Waals surface area contributed by atoms with Crippen LogP contribution < -0.4 is 0 Å². The van der Waals surface area contributed by atoms with Crippen LogP contribution in [0.3, 0.4) is 0 Å². The number of hydrogen-bond donors (Lipinski definition) is 0. The summed E-state index contributed by atoms with van der Waals surface area (Å²) in [6, 6.07) is 7.62. The average Bonchev–Trinajstić information content (AvgIpc) is 2.68. The van der Waals surface area contributed by atoms with Gasteiger partial charge in [-0.15, -0.1) is 0 Å². The van der Waals surface area contributed by atoms with E-state index in [9.17, 15) is 0 Å². The first kappa shape index (κ1) is 9.13. The van der Waals surface area contributed by atoms with Crippen molar-refractivity contribution < 1.29 is 9.47 Å². The zero-order valence-corrected chi connectivity index (χ0v) is 7.59. The third kappa shape index (κ3) is 1.90. The predicted octanol–water partition coefficient (Wildman–Crippen LogP) is 1.41. The Morgan fingerprint density at radius 3 is 3.21 bits per heavy atom. The van der Waals surface area contributed by atoms with Crippen LogP contribution in [0.25, 0.3) is 0 Å². The van der Waals surface area contributed by atoms with Crippen molar-refractivity contribution >= 4 is 0 Å². The van der Waals surface area contributed by atoms with Gasteiger partial charge in [-0.05, 0) is 12.1 Å². The minimum Gasteiger partial charge on any atom is -0.344 e. The van der Waals surface area contributed by atoms with Gasteiger partial charge in [-0.25, -0.2) is 0 Å². The van der Waals surface area contributed by atoms with Crippen LogP contribution in [0.4, 0.5) is 0 Å². The molecule has 0 radical (unpaired) electrons. The minimum atomic E-state index is -0.408. The Balaban J connectivity index is 2.00. The second-order valence-corrected chi connectivity index (χ2v) is 3.04. The summed E-state index contributed by atoms with van der Waals surface area (Å²) >= 11 is 0. The fourth-order valence-electron chi connectivity index (χ4n) is 1.33. The second kappa shape index (κ2) is 4.18. The molecule has 1 saturated heterocycles. The van der Waals surface area contributed by atoms with Crippen LogP contribution in [0.1, 0.15) is 18.4 Å². The fourth-order valence-corrected chi connectivity index (χ4v) is 1.33. The molecule has 0 spiro atoms. The normalized spacial score (nSPS) is 25.9. The molecule has 2 unspecified atom stereocenters. The number of pyridine rings is 1. The lowest BCUT2D eigenvalue weighted by Crippen LogP contribution is -2.08. The molecule has 0 N–H and O–H groups in total. The smallest absolute Gasteiger partial charge is 0.201 e. The van der Waals surface area contributed by atoms with Crippen molar-refractivity contribution in [2.24, 2.45) is 0 Å². The van der Waals surface area contributed by atoms with E-state index in [2.05, 4.69) is 11.1 Å². The first-order valence-electron chi connectivity index (χ1n) is 4.45. The van der Waals surface area contributed by atoms with E-state index in [0.29, 0.717) is 13.0 Å². The highest BCUT2D eigenvalue weighted by molar-refractivity contribution is 5.05. The third-order valence-electron chi connectivity index (χ3n) is 2.00. The van der Waals surface area contributed by atoms with E-state index in [1.54, 1.807) is 6.20 Å². The lowest BCUT2D eigenvalue weighted by atomic mass is 10.3. The number of rotatable bonds is 2. The van der Waals surface area contributed by atoms with E-state index in [4.69, 9.17) is 14.7 Å². The maximum Gasteiger partial charge on any atom is 0.201 e. The summed E-state index contributed by atoms with van der Waals surface area (Å²) in [5.74, 6) is 0. The molecular weight excluding hydrogens is 180 g/mol. The Labute approximate surface area is 82.1 Å². The zero-order chi connectivity index (χ0) is 9.80.